The molecule has 0 saturated heterocycles. The van der Waals surface area contributed by atoms with Gasteiger partial charge < -0.3 is 0 Å². The Morgan fingerprint density at radius 3 is 2.41 bits per heavy atom. The van der Waals surface area contributed by atoms with E-state index < -0.39 is 0 Å². The molecule has 0 fully saturated rings. The van der Waals surface area contributed by atoms with E-state index in [0.717, 1.165) is 23.1 Å². The number of carbonyl (C=O) groups excluding carboxylic acids is 1. The van der Waals surface area contributed by atoms with Gasteiger partial charge in [0.25, 0.3) is 0 Å². The number of hydrogen-bond donors (Lipinski definition) is 0. The number of rotatable bonds is 3. The number of fused-ring (bicyclic) bond motifs is 3. The quantitative estimate of drug-likeness (QED) is 0.363. The van der Waals surface area contributed by atoms with Gasteiger partial charge in [-0.15, -0.1) is 11.3 Å². The maximum atomic E-state index is 11.2. The second-order valence-corrected chi connectivity index (χ2v) is 6.40. The molecule has 4 aromatic rings. The molecule has 0 unspecified atom stereocenters. The smallest absolute Gasteiger partial charge is 0.151 e. The normalized spacial score (nSPS) is 11.1. The van der Waals surface area contributed by atoms with Gasteiger partial charge in [0.05, 0.1) is 0 Å². The van der Waals surface area contributed by atoms with Gasteiger partial charge in [-0.3, -0.25) is 4.79 Å². The molecule has 106 valence electrons. The summed E-state index contributed by atoms with van der Waals surface area (Å²) in [6, 6.07) is 21.1. The van der Waals surface area contributed by atoms with Crippen molar-refractivity contribution in [3.63, 3.8) is 0 Å². The molecule has 0 aliphatic carbocycles. The Hall–Kier alpha value is -2.45. The van der Waals surface area contributed by atoms with Crippen LogP contribution in [0.5, 0.6) is 0 Å². The first-order valence-electron chi connectivity index (χ1n) is 7.28. The molecular formula is C20H14OS. The maximum absolute atomic E-state index is 11.2. The van der Waals surface area contributed by atoms with Crippen LogP contribution in [0.25, 0.3) is 21.5 Å². The van der Waals surface area contributed by atoms with Gasteiger partial charge in [-0.1, -0.05) is 54.6 Å². The molecule has 3 aromatic carbocycles. The van der Waals surface area contributed by atoms with Crippen LogP contribution in [0, 0.1) is 0 Å². The van der Waals surface area contributed by atoms with Gasteiger partial charge in [-0.05, 0) is 38.6 Å². The van der Waals surface area contributed by atoms with E-state index in [1.807, 2.05) is 11.4 Å². The SMILES string of the molecule is O=Cc1ccsc1Cc1cc2ccccc2c2ccccc12. The van der Waals surface area contributed by atoms with Crippen molar-refractivity contribution in [2.24, 2.45) is 0 Å². The van der Waals surface area contributed by atoms with Crippen molar-refractivity contribution in [3.8, 4) is 0 Å². The summed E-state index contributed by atoms with van der Waals surface area (Å²) in [5.74, 6) is 0. The Morgan fingerprint density at radius 2 is 1.59 bits per heavy atom. The van der Waals surface area contributed by atoms with Crippen molar-refractivity contribution >= 4 is 39.2 Å². The average Bonchev–Trinajstić information content (AvgIpc) is 3.02. The molecular weight excluding hydrogens is 288 g/mol. The van der Waals surface area contributed by atoms with Gasteiger partial charge in [0.2, 0.25) is 0 Å². The van der Waals surface area contributed by atoms with E-state index in [9.17, 15) is 4.79 Å². The third-order valence-corrected chi connectivity index (χ3v) is 5.05. The third-order valence-electron chi connectivity index (χ3n) is 4.11. The van der Waals surface area contributed by atoms with Crippen LogP contribution in [0.3, 0.4) is 0 Å². The van der Waals surface area contributed by atoms with Crippen LogP contribution in [-0.4, -0.2) is 6.29 Å². The third kappa shape index (κ3) is 2.13. The highest BCUT2D eigenvalue weighted by molar-refractivity contribution is 7.10. The van der Waals surface area contributed by atoms with E-state index in [1.54, 1.807) is 11.3 Å². The lowest BCUT2D eigenvalue weighted by atomic mass is 9.95. The Balaban J connectivity index is 1.97. The minimum Gasteiger partial charge on any atom is -0.298 e. The highest BCUT2D eigenvalue weighted by atomic mass is 32.1. The molecule has 4 rings (SSSR count). The summed E-state index contributed by atoms with van der Waals surface area (Å²) in [6.45, 7) is 0. The fourth-order valence-electron chi connectivity index (χ4n) is 3.05. The average molecular weight is 302 g/mol. The zero-order valence-electron chi connectivity index (χ0n) is 12.0. The van der Waals surface area contributed by atoms with E-state index in [4.69, 9.17) is 0 Å². The van der Waals surface area contributed by atoms with E-state index in [2.05, 4.69) is 54.6 Å². The van der Waals surface area contributed by atoms with E-state index in [-0.39, 0.29) is 0 Å². The molecule has 0 aliphatic rings. The summed E-state index contributed by atoms with van der Waals surface area (Å²) >= 11 is 1.65. The van der Waals surface area contributed by atoms with Crippen LogP contribution >= 0.6 is 11.3 Å². The van der Waals surface area contributed by atoms with Crippen molar-refractivity contribution in [2.45, 2.75) is 6.42 Å². The van der Waals surface area contributed by atoms with Crippen molar-refractivity contribution < 1.29 is 4.79 Å². The molecule has 2 heteroatoms. The molecule has 0 bridgehead atoms. The highest BCUT2D eigenvalue weighted by Gasteiger charge is 2.10. The lowest BCUT2D eigenvalue weighted by molar-refractivity contribution is 0.112. The van der Waals surface area contributed by atoms with Crippen LogP contribution in [0.15, 0.2) is 66.0 Å². The van der Waals surface area contributed by atoms with E-state index in [0.29, 0.717) is 0 Å². The number of carbonyl (C=O) groups is 1. The van der Waals surface area contributed by atoms with Gasteiger partial charge in [0, 0.05) is 16.9 Å². The monoisotopic (exact) mass is 302 g/mol. The molecule has 1 heterocycles. The first-order chi connectivity index (χ1) is 10.9. The van der Waals surface area contributed by atoms with E-state index >= 15 is 0 Å². The van der Waals surface area contributed by atoms with Crippen LogP contribution in [0.1, 0.15) is 20.8 Å². The first-order valence-corrected chi connectivity index (χ1v) is 8.16. The van der Waals surface area contributed by atoms with Crippen LogP contribution in [-0.2, 0) is 6.42 Å². The topological polar surface area (TPSA) is 17.1 Å². The fourth-order valence-corrected chi connectivity index (χ4v) is 3.92. The predicted octanol–water partition coefficient (Wildman–Crippen LogP) is 5.46. The van der Waals surface area contributed by atoms with Crippen molar-refractivity contribution in [2.75, 3.05) is 0 Å². The minimum atomic E-state index is 0.803. The Bertz CT molecular complexity index is 981. The lowest BCUT2D eigenvalue weighted by Crippen LogP contribution is -1.92. The van der Waals surface area contributed by atoms with E-state index in [1.165, 1.54) is 27.1 Å². The second kappa shape index (κ2) is 5.39. The maximum Gasteiger partial charge on any atom is 0.151 e. The molecule has 1 nitrogen and oxygen atoms in total. The Labute approximate surface area is 132 Å². The number of benzene rings is 3. The van der Waals surface area contributed by atoms with Gasteiger partial charge >= 0.3 is 0 Å². The summed E-state index contributed by atoms with van der Waals surface area (Å²) in [4.78, 5) is 12.3. The van der Waals surface area contributed by atoms with Crippen molar-refractivity contribution in [1.82, 2.24) is 0 Å². The van der Waals surface area contributed by atoms with Gasteiger partial charge in [-0.2, -0.15) is 0 Å². The zero-order valence-corrected chi connectivity index (χ0v) is 12.8. The summed E-state index contributed by atoms with van der Waals surface area (Å²) in [7, 11) is 0. The van der Waals surface area contributed by atoms with Gasteiger partial charge in [0.15, 0.2) is 6.29 Å². The number of aldehydes is 1. The van der Waals surface area contributed by atoms with Crippen LogP contribution < -0.4 is 0 Å². The molecule has 0 radical (unpaired) electrons. The zero-order chi connectivity index (χ0) is 14.9. The van der Waals surface area contributed by atoms with Crippen molar-refractivity contribution in [1.29, 1.82) is 0 Å². The molecule has 0 amide bonds. The Kier molecular flexibility index (Phi) is 3.24. The summed E-state index contributed by atoms with van der Waals surface area (Å²) < 4.78 is 0. The van der Waals surface area contributed by atoms with Crippen LogP contribution in [0.2, 0.25) is 0 Å². The standard InChI is InChI=1S/C20H14OS/c21-13-15-9-10-22-20(15)12-16-11-14-5-1-2-6-17(14)19-8-4-3-7-18(16)19/h1-11,13H,12H2. The minimum absolute atomic E-state index is 0.803. The molecule has 1 aromatic heterocycles. The number of hydrogen-bond acceptors (Lipinski definition) is 2. The van der Waals surface area contributed by atoms with Gasteiger partial charge in [-0.25, -0.2) is 0 Å². The lowest BCUT2D eigenvalue weighted by Gasteiger charge is -2.10. The van der Waals surface area contributed by atoms with Crippen molar-refractivity contribution in [3.05, 3.63) is 82.0 Å². The summed E-state index contributed by atoms with van der Waals surface area (Å²) in [5, 5.41) is 7.07. The predicted molar refractivity (Wildman–Crippen MR) is 94.0 cm³/mol. The van der Waals surface area contributed by atoms with Gasteiger partial charge in [0.1, 0.15) is 0 Å². The molecule has 0 atom stereocenters. The molecule has 0 N–H and O–H groups in total. The molecule has 0 aliphatic heterocycles. The largest absolute Gasteiger partial charge is 0.298 e. The highest BCUT2D eigenvalue weighted by Crippen LogP contribution is 2.31. The number of thiophene rings is 1. The molecule has 22 heavy (non-hydrogen) atoms. The Morgan fingerprint density at radius 1 is 0.864 bits per heavy atom. The first kappa shape index (κ1) is 13.2. The molecule has 0 saturated carbocycles. The fraction of sp³-hybridized carbons (Fsp3) is 0.0500. The summed E-state index contributed by atoms with van der Waals surface area (Å²) in [6.07, 6.45) is 1.76. The second-order valence-electron chi connectivity index (χ2n) is 5.40. The van der Waals surface area contributed by atoms with Crippen LogP contribution in [0.4, 0.5) is 0 Å². The summed E-state index contributed by atoms with van der Waals surface area (Å²) in [5.41, 5.74) is 2.09. The molecule has 0 spiro atoms.